The molecule has 2 heteroatoms. The van der Waals surface area contributed by atoms with Crippen molar-refractivity contribution >= 4 is 11.4 Å². The topological polar surface area (TPSA) is 26.3 Å². The smallest absolute Gasteiger partial charge is 0.153 e. The number of ketones is 1. The van der Waals surface area contributed by atoms with Crippen LogP contribution in [0.5, 0.6) is 5.75 Å². The van der Waals surface area contributed by atoms with E-state index >= 15 is 0 Å². The van der Waals surface area contributed by atoms with Crippen LogP contribution in [-0.4, -0.2) is 12.9 Å². The summed E-state index contributed by atoms with van der Waals surface area (Å²) < 4.78 is 5.17. The SMILES string of the molecule is COc1ccc(/C(=C/C(C)=O)c2ccccc2C)cc1. The van der Waals surface area contributed by atoms with Crippen molar-refractivity contribution in [2.45, 2.75) is 13.8 Å². The molecule has 0 aliphatic heterocycles. The molecule has 2 rings (SSSR count). The van der Waals surface area contributed by atoms with Gasteiger partial charge in [-0.2, -0.15) is 0 Å². The molecule has 0 atom stereocenters. The zero-order chi connectivity index (χ0) is 14.5. The monoisotopic (exact) mass is 266 g/mol. The van der Waals surface area contributed by atoms with Gasteiger partial charge in [0.15, 0.2) is 5.78 Å². The number of hydrogen-bond acceptors (Lipinski definition) is 2. The molecule has 2 nitrogen and oxygen atoms in total. The van der Waals surface area contributed by atoms with Crippen molar-refractivity contribution in [3.63, 3.8) is 0 Å². The normalized spacial score (nSPS) is 11.2. The summed E-state index contributed by atoms with van der Waals surface area (Å²) in [6.45, 7) is 3.62. The van der Waals surface area contributed by atoms with E-state index in [0.29, 0.717) is 0 Å². The van der Waals surface area contributed by atoms with Crippen molar-refractivity contribution in [1.82, 2.24) is 0 Å². The maximum atomic E-state index is 11.5. The Morgan fingerprint density at radius 1 is 1.05 bits per heavy atom. The third kappa shape index (κ3) is 3.15. The predicted octanol–water partition coefficient (Wildman–Crippen LogP) is 4.02. The molecule has 0 aliphatic carbocycles. The van der Waals surface area contributed by atoms with Crippen LogP contribution in [0.15, 0.2) is 54.6 Å². The Hall–Kier alpha value is -2.35. The van der Waals surface area contributed by atoms with Crippen LogP contribution in [0.3, 0.4) is 0 Å². The highest BCUT2D eigenvalue weighted by Crippen LogP contribution is 2.27. The third-order valence-electron chi connectivity index (χ3n) is 3.18. The summed E-state index contributed by atoms with van der Waals surface area (Å²) in [5, 5.41) is 0. The molecule has 0 aromatic heterocycles. The minimum Gasteiger partial charge on any atom is -0.497 e. The maximum absolute atomic E-state index is 11.5. The summed E-state index contributed by atoms with van der Waals surface area (Å²) in [5.41, 5.74) is 4.18. The van der Waals surface area contributed by atoms with E-state index in [1.165, 1.54) is 0 Å². The zero-order valence-corrected chi connectivity index (χ0v) is 12.0. The van der Waals surface area contributed by atoms with Crippen molar-refractivity contribution in [2.24, 2.45) is 0 Å². The minimum atomic E-state index is 0.0408. The number of carbonyl (C=O) groups is 1. The first-order valence-corrected chi connectivity index (χ1v) is 6.54. The number of methoxy groups -OCH3 is 1. The van der Waals surface area contributed by atoms with Gasteiger partial charge in [-0.3, -0.25) is 4.79 Å². The second-order valence-electron chi connectivity index (χ2n) is 4.71. The molecule has 0 amide bonds. The summed E-state index contributed by atoms with van der Waals surface area (Å²) in [6.07, 6.45) is 1.68. The molecule has 0 N–H and O–H groups in total. The summed E-state index contributed by atoms with van der Waals surface area (Å²) in [7, 11) is 1.64. The van der Waals surface area contributed by atoms with Gasteiger partial charge in [0.2, 0.25) is 0 Å². The van der Waals surface area contributed by atoms with Crippen LogP contribution in [0, 0.1) is 6.92 Å². The third-order valence-corrected chi connectivity index (χ3v) is 3.18. The lowest BCUT2D eigenvalue weighted by molar-refractivity contribution is -0.112. The quantitative estimate of drug-likeness (QED) is 0.781. The number of ether oxygens (including phenoxy) is 1. The highest BCUT2D eigenvalue weighted by atomic mass is 16.5. The first-order chi connectivity index (χ1) is 9.61. The largest absolute Gasteiger partial charge is 0.497 e. The van der Waals surface area contributed by atoms with Crippen molar-refractivity contribution in [3.8, 4) is 5.75 Å². The molecular formula is C18H18O2. The van der Waals surface area contributed by atoms with Crippen LogP contribution in [0.2, 0.25) is 0 Å². The van der Waals surface area contributed by atoms with Gasteiger partial charge in [0.05, 0.1) is 7.11 Å². The number of rotatable bonds is 4. The molecule has 20 heavy (non-hydrogen) atoms. The second kappa shape index (κ2) is 6.20. The molecular weight excluding hydrogens is 248 g/mol. The maximum Gasteiger partial charge on any atom is 0.153 e. The van der Waals surface area contributed by atoms with Gasteiger partial charge in [-0.05, 0) is 54.3 Å². The van der Waals surface area contributed by atoms with E-state index in [9.17, 15) is 4.79 Å². The Labute approximate surface area is 119 Å². The van der Waals surface area contributed by atoms with Gasteiger partial charge in [-0.25, -0.2) is 0 Å². The first-order valence-electron chi connectivity index (χ1n) is 6.54. The lowest BCUT2D eigenvalue weighted by atomic mass is 9.93. The van der Waals surface area contributed by atoms with Crippen LogP contribution in [0.25, 0.3) is 5.57 Å². The summed E-state index contributed by atoms with van der Waals surface area (Å²) in [5.74, 6) is 0.847. The summed E-state index contributed by atoms with van der Waals surface area (Å²) in [6, 6.07) is 15.8. The standard InChI is InChI=1S/C18H18O2/c1-13-6-4-5-7-17(13)18(12-14(2)19)15-8-10-16(20-3)11-9-15/h4-12H,1-3H3/b18-12-. The van der Waals surface area contributed by atoms with Crippen molar-refractivity contribution in [2.75, 3.05) is 7.11 Å². The van der Waals surface area contributed by atoms with Gasteiger partial charge >= 0.3 is 0 Å². The number of aryl methyl sites for hydroxylation is 1. The van der Waals surface area contributed by atoms with Crippen molar-refractivity contribution < 1.29 is 9.53 Å². The van der Waals surface area contributed by atoms with Gasteiger partial charge in [-0.15, -0.1) is 0 Å². The number of hydrogen-bond donors (Lipinski definition) is 0. The van der Waals surface area contributed by atoms with E-state index in [2.05, 4.69) is 0 Å². The Morgan fingerprint density at radius 2 is 1.70 bits per heavy atom. The van der Waals surface area contributed by atoms with Gasteiger partial charge < -0.3 is 4.74 Å². The van der Waals surface area contributed by atoms with Crippen LogP contribution in [-0.2, 0) is 4.79 Å². The lowest BCUT2D eigenvalue weighted by Crippen LogP contribution is -1.95. The number of allylic oxidation sites excluding steroid dienone is 1. The zero-order valence-electron chi connectivity index (χ0n) is 12.0. The van der Waals surface area contributed by atoms with Crippen LogP contribution >= 0.6 is 0 Å². The Morgan fingerprint density at radius 3 is 2.25 bits per heavy atom. The fraction of sp³-hybridized carbons (Fsp3) is 0.167. The Bertz CT molecular complexity index is 637. The molecule has 0 bridgehead atoms. The number of carbonyl (C=O) groups excluding carboxylic acids is 1. The Balaban J connectivity index is 2.53. The van der Waals surface area contributed by atoms with Crippen LogP contribution < -0.4 is 4.74 Å². The van der Waals surface area contributed by atoms with E-state index in [1.807, 2.05) is 55.5 Å². The molecule has 0 unspecified atom stereocenters. The minimum absolute atomic E-state index is 0.0408. The second-order valence-corrected chi connectivity index (χ2v) is 4.71. The van der Waals surface area contributed by atoms with Crippen LogP contribution in [0.1, 0.15) is 23.6 Å². The van der Waals surface area contributed by atoms with E-state index in [0.717, 1.165) is 28.0 Å². The predicted molar refractivity (Wildman–Crippen MR) is 81.9 cm³/mol. The van der Waals surface area contributed by atoms with E-state index in [-0.39, 0.29) is 5.78 Å². The van der Waals surface area contributed by atoms with Gasteiger partial charge in [0.25, 0.3) is 0 Å². The van der Waals surface area contributed by atoms with Gasteiger partial charge in [-0.1, -0.05) is 36.4 Å². The molecule has 2 aromatic carbocycles. The molecule has 0 saturated carbocycles. The van der Waals surface area contributed by atoms with Crippen molar-refractivity contribution in [3.05, 3.63) is 71.3 Å². The highest BCUT2D eigenvalue weighted by Gasteiger charge is 2.08. The molecule has 0 heterocycles. The molecule has 0 aliphatic rings. The number of benzene rings is 2. The average Bonchev–Trinajstić information content (AvgIpc) is 2.46. The molecule has 0 spiro atoms. The summed E-state index contributed by atoms with van der Waals surface area (Å²) in [4.78, 5) is 11.5. The molecule has 0 saturated heterocycles. The highest BCUT2D eigenvalue weighted by molar-refractivity contribution is 5.99. The average molecular weight is 266 g/mol. The molecule has 102 valence electrons. The fourth-order valence-electron chi connectivity index (χ4n) is 2.17. The Kier molecular flexibility index (Phi) is 4.36. The van der Waals surface area contributed by atoms with E-state index < -0.39 is 0 Å². The first kappa shape index (κ1) is 14.1. The molecule has 0 fully saturated rings. The lowest BCUT2D eigenvalue weighted by Gasteiger charge is -2.11. The van der Waals surface area contributed by atoms with Crippen molar-refractivity contribution in [1.29, 1.82) is 0 Å². The molecule has 0 radical (unpaired) electrons. The summed E-state index contributed by atoms with van der Waals surface area (Å²) >= 11 is 0. The van der Waals surface area contributed by atoms with E-state index in [1.54, 1.807) is 20.1 Å². The van der Waals surface area contributed by atoms with Gasteiger partial charge in [0, 0.05) is 0 Å². The fourth-order valence-corrected chi connectivity index (χ4v) is 2.17. The van der Waals surface area contributed by atoms with E-state index in [4.69, 9.17) is 4.74 Å². The molecule has 2 aromatic rings. The van der Waals surface area contributed by atoms with Crippen LogP contribution in [0.4, 0.5) is 0 Å². The van der Waals surface area contributed by atoms with Gasteiger partial charge in [0.1, 0.15) is 5.75 Å².